The highest BCUT2D eigenvalue weighted by Gasteiger charge is 2.17. The van der Waals surface area contributed by atoms with Gasteiger partial charge in [0.2, 0.25) is 0 Å². The Labute approximate surface area is 122 Å². The molecule has 0 aliphatic rings. The first kappa shape index (κ1) is 14.9. The van der Waals surface area contributed by atoms with Crippen molar-refractivity contribution in [1.29, 1.82) is 0 Å². The summed E-state index contributed by atoms with van der Waals surface area (Å²) in [5.41, 5.74) is 1.93. The van der Waals surface area contributed by atoms with Crippen LogP contribution >= 0.6 is 0 Å². The molecule has 1 aromatic carbocycles. The number of benzene rings is 1. The number of carbonyl (C=O) groups excluding carboxylic acids is 1. The van der Waals surface area contributed by atoms with Gasteiger partial charge in [-0.25, -0.2) is 4.79 Å². The number of carboxylic acids is 1. The summed E-state index contributed by atoms with van der Waals surface area (Å²) in [4.78, 5) is 27.3. The van der Waals surface area contributed by atoms with Gasteiger partial charge in [0, 0.05) is 24.8 Å². The number of hydrogen-bond acceptors (Lipinski definition) is 2. The van der Waals surface area contributed by atoms with Crippen LogP contribution in [-0.4, -0.2) is 40.6 Å². The molecule has 2 aromatic rings. The van der Waals surface area contributed by atoms with Gasteiger partial charge < -0.3 is 20.3 Å². The minimum atomic E-state index is -0.912. The van der Waals surface area contributed by atoms with Crippen molar-refractivity contribution in [2.45, 2.75) is 13.5 Å². The molecule has 3 N–H and O–H groups in total. The van der Waals surface area contributed by atoms with Gasteiger partial charge in [-0.2, -0.15) is 0 Å². The first-order valence-corrected chi connectivity index (χ1v) is 6.75. The minimum absolute atomic E-state index is 0.174. The van der Waals surface area contributed by atoms with Crippen molar-refractivity contribution in [3.05, 3.63) is 36.0 Å². The van der Waals surface area contributed by atoms with Crippen LogP contribution in [0.15, 0.2) is 30.3 Å². The van der Waals surface area contributed by atoms with E-state index in [1.165, 1.54) is 4.90 Å². The Kier molecular flexibility index (Phi) is 4.47. The lowest BCUT2D eigenvalue weighted by Gasteiger charge is -2.19. The second-order valence-corrected chi connectivity index (χ2v) is 5.16. The lowest BCUT2D eigenvalue weighted by atomic mass is 10.2. The van der Waals surface area contributed by atoms with Crippen LogP contribution in [0, 0.1) is 5.92 Å². The number of carbonyl (C=O) groups is 2. The molecule has 0 radical (unpaired) electrons. The fraction of sp³-hybridized carbons (Fsp3) is 0.333. The molecule has 2 amide bonds. The second kappa shape index (κ2) is 6.30. The molecule has 0 saturated carbocycles. The highest BCUT2D eigenvalue weighted by Crippen LogP contribution is 2.14. The number of H-pyrrole nitrogens is 1. The van der Waals surface area contributed by atoms with Crippen molar-refractivity contribution < 1.29 is 14.7 Å². The van der Waals surface area contributed by atoms with Crippen molar-refractivity contribution in [3.63, 3.8) is 0 Å². The van der Waals surface area contributed by atoms with E-state index in [4.69, 9.17) is 5.11 Å². The van der Waals surface area contributed by atoms with Crippen LogP contribution in [0.4, 0.5) is 4.79 Å². The fourth-order valence-corrected chi connectivity index (χ4v) is 2.11. The number of urea groups is 1. The minimum Gasteiger partial charge on any atom is -0.481 e. The maximum absolute atomic E-state index is 11.9. The third-order valence-corrected chi connectivity index (χ3v) is 3.33. The van der Waals surface area contributed by atoms with E-state index in [2.05, 4.69) is 10.3 Å². The van der Waals surface area contributed by atoms with Crippen LogP contribution in [-0.2, 0) is 11.3 Å². The second-order valence-electron chi connectivity index (χ2n) is 5.16. The topological polar surface area (TPSA) is 85.4 Å². The first-order chi connectivity index (χ1) is 9.97. The molecule has 6 nitrogen and oxygen atoms in total. The van der Waals surface area contributed by atoms with E-state index in [0.29, 0.717) is 6.54 Å². The van der Waals surface area contributed by atoms with E-state index in [0.717, 1.165) is 16.6 Å². The molecular weight excluding hydrogens is 270 g/mol. The maximum atomic E-state index is 11.9. The molecule has 21 heavy (non-hydrogen) atoms. The van der Waals surface area contributed by atoms with Crippen molar-refractivity contribution >= 4 is 22.9 Å². The smallest absolute Gasteiger partial charge is 0.317 e. The van der Waals surface area contributed by atoms with Crippen molar-refractivity contribution in [3.8, 4) is 0 Å². The lowest BCUT2D eigenvalue weighted by molar-refractivity contribution is -0.141. The third kappa shape index (κ3) is 3.75. The Hall–Kier alpha value is -2.50. The summed E-state index contributed by atoms with van der Waals surface area (Å²) in [7, 11) is 1.58. The Morgan fingerprint density at radius 1 is 1.38 bits per heavy atom. The predicted molar refractivity (Wildman–Crippen MR) is 80.0 cm³/mol. The Bertz CT molecular complexity index is 617. The fourth-order valence-electron chi connectivity index (χ4n) is 2.11. The summed E-state index contributed by atoms with van der Waals surface area (Å²) >= 11 is 0. The van der Waals surface area contributed by atoms with E-state index in [1.807, 2.05) is 30.3 Å². The van der Waals surface area contributed by atoms with E-state index in [9.17, 15) is 9.59 Å². The van der Waals surface area contributed by atoms with Crippen LogP contribution < -0.4 is 5.32 Å². The third-order valence-electron chi connectivity index (χ3n) is 3.33. The number of carboxylic acid groups (broad SMARTS) is 1. The van der Waals surface area contributed by atoms with Gasteiger partial charge in [0.05, 0.1) is 12.5 Å². The van der Waals surface area contributed by atoms with E-state index in [-0.39, 0.29) is 12.6 Å². The molecule has 1 aromatic heterocycles. The monoisotopic (exact) mass is 289 g/mol. The van der Waals surface area contributed by atoms with E-state index >= 15 is 0 Å². The van der Waals surface area contributed by atoms with Crippen molar-refractivity contribution in [1.82, 2.24) is 15.2 Å². The molecule has 0 spiro atoms. The zero-order valence-corrected chi connectivity index (χ0v) is 12.1. The number of amides is 2. The van der Waals surface area contributed by atoms with Crippen molar-refractivity contribution in [2.75, 3.05) is 13.6 Å². The standard InChI is InChI=1S/C15H19N3O3/c1-10(14(19)20)9-18(2)15(21)16-8-12-7-11-5-3-4-6-13(11)17-12/h3-7,10,17H,8-9H2,1-2H3,(H,16,21)(H,19,20). The molecular formula is C15H19N3O3. The summed E-state index contributed by atoms with van der Waals surface area (Å²) in [5.74, 6) is -1.50. The molecule has 2 rings (SSSR count). The van der Waals surface area contributed by atoms with Crippen LogP contribution in [0.3, 0.4) is 0 Å². The van der Waals surface area contributed by atoms with Gasteiger partial charge in [-0.15, -0.1) is 0 Å². The molecule has 0 saturated heterocycles. The van der Waals surface area contributed by atoms with Gasteiger partial charge in [-0.1, -0.05) is 25.1 Å². The summed E-state index contributed by atoms with van der Waals surface area (Å²) in [6.07, 6.45) is 0. The van der Waals surface area contributed by atoms with Crippen LogP contribution in [0.2, 0.25) is 0 Å². The highest BCUT2D eigenvalue weighted by atomic mass is 16.4. The molecule has 0 bridgehead atoms. The molecule has 112 valence electrons. The summed E-state index contributed by atoms with van der Waals surface area (Å²) in [5, 5.41) is 12.7. The number of hydrogen-bond donors (Lipinski definition) is 3. The number of fused-ring (bicyclic) bond motifs is 1. The summed E-state index contributed by atoms with van der Waals surface area (Å²) in [6, 6.07) is 9.57. The van der Waals surface area contributed by atoms with Crippen molar-refractivity contribution in [2.24, 2.45) is 5.92 Å². The number of nitrogens with zero attached hydrogens (tertiary/aromatic N) is 1. The number of nitrogens with one attached hydrogen (secondary N) is 2. The lowest BCUT2D eigenvalue weighted by Crippen LogP contribution is -2.40. The molecule has 0 aliphatic carbocycles. The largest absolute Gasteiger partial charge is 0.481 e. The first-order valence-electron chi connectivity index (χ1n) is 6.75. The summed E-state index contributed by atoms with van der Waals surface area (Å²) in [6.45, 7) is 2.12. The van der Waals surface area contributed by atoms with Gasteiger partial charge in [0.25, 0.3) is 0 Å². The Balaban J connectivity index is 1.89. The number of aromatic nitrogens is 1. The Morgan fingerprint density at radius 2 is 2.10 bits per heavy atom. The van der Waals surface area contributed by atoms with E-state index in [1.54, 1.807) is 14.0 Å². The predicted octanol–water partition coefficient (Wildman–Crippen LogP) is 2.03. The molecule has 0 aliphatic heterocycles. The molecule has 1 atom stereocenters. The number of rotatable bonds is 5. The SMILES string of the molecule is CC(CN(C)C(=O)NCc1cc2ccccc2[nH]1)C(=O)O. The average molecular weight is 289 g/mol. The van der Waals surface area contributed by atoms with Gasteiger partial charge in [0.1, 0.15) is 0 Å². The number of aliphatic carboxylic acids is 1. The molecule has 1 unspecified atom stereocenters. The van der Waals surface area contributed by atoms with Gasteiger partial charge in [-0.3, -0.25) is 4.79 Å². The zero-order valence-electron chi connectivity index (χ0n) is 12.1. The van der Waals surface area contributed by atoms with Gasteiger partial charge in [0.15, 0.2) is 0 Å². The number of aromatic amines is 1. The molecule has 1 heterocycles. The maximum Gasteiger partial charge on any atom is 0.317 e. The van der Waals surface area contributed by atoms with Gasteiger partial charge in [-0.05, 0) is 17.5 Å². The van der Waals surface area contributed by atoms with Crippen LogP contribution in [0.1, 0.15) is 12.6 Å². The molecule has 6 heteroatoms. The van der Waals surface area contributed by atoms with Crippen LogP contribution in [0.5, 0.6) is 0 Å². The van der Waals surface area contributed by atoms with E-state index < -0.39 is 11.9 Å². The zero-order chi connectivity index (χ0) is 15.4. The number of para-hydroxylation sites is 1. The molecule has 0 fully saturated rings. The Morgan fingerprint density at radius 3 is 2.76 bits per heavy atom. The van der Waals surface area contributed by atoms with Gasteiger partial charge >= 0.3 is 12.0 Å². The average Bonchev–Trinajstić information content (AvgIpc) is 2.87. The van der Waals surface area contributed by atoms with Crippen LogP contribution in [0.25, 0.3) is 10.9 Å². The quantitative estimate of drug-likeness (QED) is 0.787. The summed E-state index contributed by atoms with van der Waals surface area (Å²) < 4.78 is 0. The highest BCUT2D eigenvalue weighted by molar-refractivity contribution is 5.80. The normalized spacial score (nSPS) is 12.1.